The normalized spacial score (nSPS) is 9.88. The Labute approximate surface area is 99.2 Å². The minimum absolute atomic E-state index is 0.185. The van der Waals surface area contributed by atoms with Crippen LogP contribution in [0.4, 0.5) is 4.79 Å². The van der Waals surface area contributed by atoms with Crippen LogP contribution in [0.15, 0.2) is 42.7 Å². The molecule has 1 heterocycles. The molecule has 88 valence electrons. The van der Waals surface area contributed by atoms with Gasteiger partial charge in [-0.25, -0.2) is 4.79 Å². The maximum atomic E-state index is 11.5. The lowest BCUT2D eigenvalue weighted by atomic mass is 10.2. The molecule has 2 rings (SSSR count). The molecule has 17 heavy (non-hydrogen) atoms. The summed E-state index contributed by atoms with van der Waals surface area (Å²) in [5, 5.41) is 12.0. The Kier molecular flexibility index (Phi) is 3.75. The van der Waals surface area contributed by atoms with Crippen molar-refractivity contribution in [3.63, 3.8) is 0 Å². The second-order valence-corrected chi connectivity index (χ2v) is 3.63. The van der Waals surface area contributed by atoms with Crippen LogP contribution in [-0.4, -0.2) is 16.2 Å². The maximum Gasteiger partial charge on any atom is 0.315 e. The number of amides is 2. The lowest BCUT2D eigenvalue weighted by molar-refractivity contribution is 0.240. The zero-order chi connectivity index (χ0) is 11.9. The highest BCUT2D eigenvalue weighted by Gasteiger charge is 2.00. The van der Waals surface area contributed by atoms with Gasteiger partial charge < -0.3 is 10.6 Å². The van der Waals surface area contributed by atoms with E-state index in [-0.39, 0.29) is 6.03 Å². The summed E-state index contributed by atoms with van der Waals surface area (Å²) in [5.41, 5.74) is 2.02. The van der Waals surface area contributed by atoms with E-state index in [1.807, 2.05) is 30.3 Å². The van der Waals surface area contributed by atoms with Crippen LogP contribution in [0, 0.1) is 0 Å². The molecule has 0 bridgehead atoms. The molecule has 0 unspecified atom stereocenters. The molecular formula is C12H14N4O. The molecule has 0 spiro atoms. The van der Waals surface area contributed by atoms with Gasteiger partial charge in [-0.15, -0.1) is 0 Å². The van der Waals surface area contributed by atoms with Crippen molar-refractivity contribution in [2.75, 3.05) is 0 Å². The lowest BCUT2D eigenvalue weighted by Crippen LogP contribution is -2.34. The van der Waals surface area contributed by atoms with E-state index < -0.39 is 0 Å². The van der Waals surface area contributed by atoms with E-state index >= 15 is 0 Å². The first kappa shape index (κ1) is 11.2. The fourth-order valence-corrected chi connectivity index (χ4v) is 1.40. The van der Waals surface area contributed by atoms with Gasteiger partial charge in [0.2, 0.25) is 0 Å². The topological polar surface area (TPSA) is 69.8 Å². The first-order valence-corrected chi connectivity index (χ1v) is 5.38. The molecule has 1 aromatic heterocycles. The van der Waals surface area contributed by atoms with E-state index in [1.165, 1.54) is 0 Å². The van der Waals surface area contributed by atoms with Crippen molar-refractivity contribution >= 4 is 6.03 Å². The maximum absolute atomic E-state index is 11.5. The predicted molar refractivity (Wildman–Crippen MR) is 64.1 cm³/mol. The number of carbonyl (C=O) groups excluding carboxylic acids is 1. The Bertz CT molecular complexity index is 453. The highest BCUT2D eigenvalue weighted by atomic mass is 16.2. The molecular weight excluding hydrogens is 216 g/mol. The van der Waals surface area contributed by atoms with Gasteiger partial charge in [0.25, 0.3) is 0 Å². The predicted octanol–water partition coefficient (Wildman–Crippen LogP) is 1.41. The molecule has 0 saturated carbocycles. The number of nitrogens with zero attached hydrogens (tertiary/aromatic N) is 1. The molecule has 1 aromatic carbocycles. The zero-order valence-electron chi connectivity index (χ0n) is 9.31. The van der Waals surface area contributed by atoms with Crippen molar-refractivity contribution in [2.24, 2.45) is 0 Å². The Morgan fingerprint density at radius 3 is 2.47 bits per heavy atom. The lowest BCUT2D eigenvalue weighted by Gasteiger charge is -2.06. The van der Waals surface area contributed by atoms with Gasteiger partial charge in [0.05, 0.1) is 6.20 Å². The Balaban J connectivity index is 1.71. The molecule has 5 nitrogen and oxygen atoms in total. The fourth-order valence-electron chi connectivity index (χ4n) is 1.40. The van der Waals surface area contributed by atoms with E-state index in [0.29, 0.717) is 13.1 Å². The van der Waals surface area contributed by atoms with Crippen LogP contribution in [0.3, 0.4) is 0 Å². The summed E-state index contributed by atoms with van der Waals surface area (Å²) in [4.78, 5) is 11.5. The van der Waals surface area contributed by atoms with Crippen LogP contribution in [0.5, 0.6) is 0 Å². The fraction of sp³-hybridized carbons (Fsp3) is 0.167. The Morgan fingerprint density at radius 1 is 1.12 bits per heavy atom. The summed E-state index contributed by atoms with van der Waals surface area (Å²) in [6.07, 6.45) is 3.43. The molecule has 0 saturated heterocycles. The van der Waals surface area contributed by atoms with Gasteiger partial charge in [-0.1, -0.05) is 30.3 Å². The van der Waals surface area contributed by atoms with E-state index in [1.54, 1.807) is 12.4 Å². The molecule has 2 aromatic rings. The van der Waals surface area contributed by atoms with Crippen LogP contribution in [-0.2, 0) is 13.1 Å². The highest BCUT2D eigenvalue weighted by molar-refractivity contribution is 5.73. The van der Waals surface area contributed by atoms with Gasteiger partial charge in [-0.3, -0.25) is 5.10 Å². The number of hydrogen-bond acceptors (Lipinski definition) is 2. The third-order valence-corrected chi connectivity index (χ3v) is 2.30. The van der Waals surface area contributed by atoms with Gasteiger partial charge in [-0.05, 0) is 5.56 Å². The minimum Gasteiger partial charge on any atom is -0.334 e. The van der Waals surface area contributed by atoms with Crippen LogP contribution >= 0.6 is 0 Å². The number of hydrogen-bond donors (Lipinski definition) is 3. The van der Waals surface area contributed by atoms with E-state index in [0.717, 1.165) is 11.1 Å². The number of aromatic amines is 1. The molecule has 0 fully saturated rings. The number of urea groups is 1. The van der Waals surface area contributed by atoms with Crippen molar-refractivity contribution in [3.05, 3.63) is 53.9 Å². The molecule has 3 N–H and O–H groups in total. The van der Waals surface area contributed by atoms with Gasteiger partial charge >= 0.3 is 6.03 Å². The van der Waals surface area contributed by atoms with Crippen molar-refractivity contribution < 1.29 is 4.79 Å². The molecule has 0 radical (unpaired) electrons. The van der Waals surface area contributed by atoms with Crippen molar-refractivity contribution in [3.8, 4) is 0 Å². The van der Waals surface area contributed by atoms with Crippen LogP contribution in [0.1, 0.15) is 11.1 Å². The third kappa shape index (κ3) is 3.64. The standard InChI is InChI=1S/C12H14N4O/c17-12(14-7-11-8-15-16-9-11)13-6-10-4-2-1-3-5-10/h1-5,8-9H,6-7H2,(H,15,16)(H2,13,14,17). The third-order valence-electron chi connectivity index (χ3n) is 2.30. The summed E-state index contributed by atoms with van der Waals surface area (Å²) >= 11 is 0. The van der Waals surface area contributed by atoms with Crippen molar-refractivity contribution in [1.29, 1.82) is 0 Å². The summed E-state index contributed by atoms with van der Waals surface area (Å²) in [5.74, 6) is 0. The molecule has 0 aliphatic carbocycles. The summed E-state index contributed by atoms with van der Waals surface area (Å²) in [7, 11) is 0. The van der Waals surface area contributed by atoms with Gasteiger partial charge in [-0.2, -0.15) is 5.10 Å². The molecule has 2 amide bonds. The highest BCUT2D eigenvalue weighted by Crippen LogP contribution is 1.97. The number of carbonyl (C=O) groups is 1. The smallest absolute Gasteiger partial charge is 0.315 e. The number of rotatable bonds is 4. The van der Waals surface area contributed by atoms with E-state index in [2.05, 4.69) is 20.8 Å². The van der Waals surface area contributed by atoms with Crippen LogP contribution in [0.25, 0.3) is 0 Å². The molecule has 5 heteroatoms. The number of benzene rings is 1. The molecule has 0 aliphatic rings. The van der Waals surface area contributed by atoms with Crippen molar-refractivity contribution in [1.82, 2.24) is 20.8 Å². The van der Waals surface area contributed by atoms with Crippen LogP contribution in [0.2, 0.25) is 0 Å². The first-order chi connectivity index (χ1) is 8.34. The Hall–Kier alpha value is -2.30. The van der Waals surface area contributed by atoms with Gasteiger partial charge in [0.1, 0.15) is 0 Å². The minimum atomic E-state index is -0.185. The zero-order valence-corrected chi connectivity index (χ0v) is 9.31. The quantitative estimate of drug-likeness (QED) is 0.743. The van der Waals surface area contributed by atoms with Crippen LogP contribution < -0.4 is 10.6 Å². The average molecular weight is 230 g/mol. The monoisotopic (exact) mass is 230 g/mol. The SMILES string of the molecule is O=C(NCc1ccccc1)NCc1cn[nH]c1. The summed E-state index contributed by atoms with van der Waals surface area (Å²) in [6, 6.07) is 9.59. The largest absolute Gasteiger partial charge is 0.334 e. The van der Waals surface area contributed by atoms with Gasteiger partial charge in [0, 0.05) is 24.8 Å². The molecule has 0 aliphatic heterocycles. The summed E-state index contributed by atoms with van der Waals surface area (Å²) < 4.78 is 0. The van der Waals surface area contributed by atoms with E-state index in [9.17, 15) is 4.79 Å². The Morgan fingerprint density at radius 2 is 1.82 bits per heavy atom. The van der Waals surface area contributed by atoms with E-state index in [4.69, 9.17) is 0 Å². The van der Waals surface area contributed by atoms with Crippen molar-refractivity contribution in [2.45, 2.75) is 13.1 Å². The first-order valence-electron chi connectivity index (χ1n) is 5.38. The average Bonchev–Trinajstić information content (AvgIpc) is 2.88. The van der Waals surface area contributed by atoms with Gasteiger partial charge in [0.15, 0.2) is 0 Å². The number of H-pyrrole nitrogens is 1. The molecule has 0 atom stereocenters. The second-order valence-electron chi connectivity index (χ2n) is 3.63. The summed E-state index contributed by atoms with van der Waals surface area (Å²) in [6.45, 7) is 0.995. The number of aromatic nitrogens is 2. The number of nitrogens with one attached hydrogen (secondary N) is 3. The second kappa shape index (κ2) is 5.69.